The second-order valence-corrected chi connectivity index (χ2v) is 8.05. The van der Waals surface area contributed by atoms with Crippen LogP contribution in [0.3, 0.4) is 0 Å². The van der Waals surface area contributed by atoms with Gasteiger partial charge in [0.15, 0.2) is 5.82 Å². The molecule has 35 heavy (non-hydrogen) atoms. The number of benzene rings is 1. The number of rotatable bonds is 9. The quantitative estimate of drug-likeness (QED) is 0.280. The predicted octanol–water partition coefficient (Wildman–Crippen LogP) is 2.71. The Morgan fingerprint density at radius 3 is 2.40 bits per heavy atom. The molecule has 4 aromatic heterocycles. The Hall–Kier alpha value is -4.38. The largest absolute Gasteiger partial charge is 0.395 e. The summed E-state index contributed by atoms with van der Waals surface area (Å²) in [5.41, 5.74) is 4.44. The van der Waals surface area contributed by atoms with Gasteiger partial charge in [-0.15, -0.1) is 0 Å². The van der Waals surface area contributed by atoms with E-state index in [1.54, 1.807) is 33.7 Å². The van der Waals surface area contributed by atoms with Crippen LogP contribution in [0.15, 0.2) is 67.6 Å². The summed E-state index contributed by atoms with van der Waals surface area (Å²) in [5.74, 6) is 0.563. The third kappa shape index (κ3) is 4.94. The Kier molecular flexibility index (Phi) is 6.31. The van der Waals surface area contributed by atoms with E-state index >= 15 is 0 Å². The van der Waals surface area contributed by atoms with E-state index in [9.17, 15) is 9.50 Å². The van der Waals surface area contributed by atoms with Crippen molar-refractivity contribution in [3.05, 3.63) is 84.6 Å². The average Bonchev–Trinajstić information content (AvgIpc) is 3.51. The number of halogens is 1. The predicted molar refractivity (Wildman–Crippen MR) is 130 cm³/mol. The average molecular weight is 474 g/mol. The zero-order chi connectivity index (χ0) is 24.2. The maximum atomic E-state index is 13.2. The maximum absolute atomic E-state index is 13.2. The molecule has 11 heteroatoms. The lowest BCUT2D eigenvalue weighted by molar-refractivity contribution is 0.280. The highest BCUT2D eigenvalue weighted by molar-refractivity contribution is 5.76. The Morgan fingerprint density at radius 2 is 1.69 bits per heavy atom. The lowest BCUT2D eigenvalue weighted by Gasteiger charge is -2.15. The van der Waals surface area contributed by atoms with Crippen LogP contribution in [0.5, 0.6) is 0 Å². The molecule has 5 rings (SSSR count). The first-order valence-corrected chi connectivity index (χ1v) is 11.1. The second kappa shape index (κ2) is 9.85. The van der Waals surface area contributed by atoms with Crippen LogP contribution in [0, 0.1) is 5.82 Å². The summed E-state index contributed by atoms with van der Waals surface area (Å²) in [7, 11) is 1.88. The molecule has 178 valence electrons. The summed E-state index contributed by atoms with van der Waals surface area (Å²) in [6, 6.07) is 8.08. The normalized spacial score (nSPS) is 12.1. The summed E-state index contributed by atoms with van der Waals surface area (Å²) in [6.07, 6.45) is 10.6. The molecule has 1 atom stereocenters. The van der Waals surface area contributed by atoms with Gasteiger partial charge < -0.3 is 15.7 Å². The van der Waals surface area contributed by atoms with E-state index in [0.717, 1.165) is 33.6 Å². The molecule has 10 nitrogen and oxygen atoms in total. The molecular weight excluding hydrogens is 449 g/mol. The molecule has 0 saturated carbocycles. The minimum atomic E-state index is -0.316. The fourth-order valence-electron chi connectivity index (χ4n) is 3.86. The Balaban J connectivity index is 1.19. The minimum Gasteiger partial charge on any atom is -0.395 e. The van der Waals surface area contributed by atoms with E-state index in [4.69, 9.17) is 0 Å². The molecule has 1 aromatic carbocycles. The first-order valence-electron chi connectivity index (χ1n) is 11.1. The number of aliphatic hydroxyl groups excluding tert-OH is 1. The van der Waals surface area contributed by atoms with E-state index in [0.29, 0.717) is 19.0 Å². The van der Waals surface area contributed by atoms with Crippen LogP contribution < -0.4 is 10.6 Å². The molecule has 5 aromatic rings. The molecule has 0 aliphatic heterocycles. The lowest BCUT2D eigenvalue weighted by Crippen LogP contribution is -2.16. The molecular formula is C24H24FN9O. The summed E-state index contributed by atoms with van der Waals surface area (Å²) >= 11 is 0. The number of aliphatic hydroxyl groups is 1. The number of hydrogen-bond acceptors (Lipinski definition) is 8. The lowest BCUT2D eigenvalue weighted by atomic mass is 9.94. The summed E-state index contributed by atoms with van der Waals surface area (Å²) < 4.78 is 16.7. The van der Waals surface area contributed by atoms with Crippen LogP contribution in [0.2, 0.25) is 0 Å². The molecule has 0 aliphatic carbocycles. The molecule has 0 saturated heterocycles. The monoisotopic (exact) mass is 473 g/mol. The minimum absolute atomic E-state index is 0.124. The van der Waals surface area contributed by atoms with Crippen LogP contribution in [0.25, 0.3) is 16.6 Å². The van der Waals surface area contributed by atoms with Gasteiger partial charge in [-0.25, -0.2) is 23.9 Å². The first kappa shape index (κ1) is 22.4. The van der Waals surface area contributed by atoms with Gasteiger partial charge in [-0.1, -0.05) is 12.1 Å². The fraction of sp³-hybridized carbons (Fsp3) is 0.208. The summed E-state index contributed by atoms with van der Waals surface area (Å²) in [4.78, 5) is 13.1. The summed E-state index contributed by atoms with van der Waals surface area (Å²) in [6.45, 7) is 1.02. The van der Waals surface area contributed by atoms with E-state index in [1.165, 1.54) is 18.5 Å². The topological polar surface area (TPSA) is 118 Å². The highest BCUT2D eigenvalue weighted by Gasteiger charge is 2.14. The van der Waals surface area contributed by atoms with E-state index in [2.05, 4.69) is 35.8 Å². The van der Waals surface area contributed by atoms with Gasteiger partial charge in [0.2, 0.25) is 5.95 Å². The van der Waals surface area contributed by atoms with Gasteiger partial charge in [-0.2, -0.15) is 10.2 Å². The van der Waals surface area contributed by atoms with Gasteiger partial charge in [0.1, 0.15) is 17.7 Å². The van der Waals surface area contributed by atoms with Crippen LogP contribution in [-0.4, -0.2) is 59.1 Å². The Morgan fingerprint density at radius 1 is 0.914 bits per heavy atom. The Bertz CT molecular complexity index is 1410. The second-order valence-electron chi connectivity index (χ2n) is 8.05. The van der Waals surface area contributed by atoms with E-state index in [1.807, 2.05) is 31.7 Å². The molecule has 0 amide bonds. The summed E-state index contributed by atoms with van der Waals surface area (Å²) in [5, 5.41) is 24.8. The van der Waals surface area contributed by atoms with Crippen LogP contribution in [-0.2, 0) is 7.05 Å². The molecule has 0 unspecified atom stereocenters. The first-order chi connectivity index (χ1) is 17.1. The smallest absolute Gasteiger partial charge is 0.222 e. The highest BCUT2D eigenvalue weighted by atomic mass is 19.1. The number of anilines is 2. The molecule has 0 spiro atoms. The third-order valence-electron chi connectivity index (χ3n) is 5.67. The van der Waals surface area contributed by atoms with Crippen molar-refractivity contribution in [3.63, 3.8) is 0 Å². The molecule has 0 radical (unpaired) electrons. The van der Waals surface area contributed by atoms with Crippen LogP contribution in [0.1, 0.15) is 17.0 Å². The van der Waals surface area contributed by atoms with Crippen molar-refractivity contribution in [1.82, 2.24) is 34.3 Å². The molecule has 3 N–H and O–H groups in total. The van der Waals surface area contributed by atoms with Crippen LogP contribution in [0.4, 0.5) is 16.2 Å². The number of nitrogens with one attached hydrogen (secondary N) is 2. The number of aryl methyl sites for hydroxylation is 1. The van der Waals surface area contributed by atoms with Crippen molar-refractivity contribution < 1.29 is 9.50 Å². The van der Waals surface area contributed by atoms with Gasteiger partial charge in [-0.05, 0) is 29.3 Å². The number of aromatic nitrogens is 7. The van der Waals surface area contributed by atoms with Crippen molar-refractivity contribution in [2.24, 2.45) is 7.05 Å². The zero-order valence-corrected chi connectivity index (χ0v) is 19.0. The molecule has 0 bridgehead atoms. The van der Waals surface area contributed by atoms with Gasteiger partial charge in [0, 0.05) is 62.0 Å². The van der Waals surface area contributed by atoms with E-state index in [-0.39, 0.29) is 18.3 Å². The van der Waals surface area contributed by atoms with Gasteiger partial charge in [0.25, 0.3) is 0 Å². The number of hydrogen-bond donors (Lipinski definition) is 3. The zero-order valence-electron chi connectivity index (χ0n) is 19.0. The van der Waals surface area contributed by atoms with Crippen molar-refractivity contribution >= 4 is 17.3 Å². The third-order valence-corrected chi connectivity index (χ3v) is 5.67. The standard InChI is InChI=1S/C24H24FN9O/c1-33-12-19(11-31-33)17-8-22-23(30-15-32-34(22)13-17)26-6-7-27-24-28-9-18(10-29-24)21(14-35)16-2-4-20(25)5-3-16/h2-5,8-13,15,21,35H,6-7,14H2,1H3,(H,26,30,32)(H,27,28,29)/t21-/m0/s1. The van der Waals surface area contributed by atoms with Crippen LogP contribution >= 0.6 is 0 Å². The Labute approximate surface area is 200 Å². The molecule has 0 aliphatic rings. The van der Waals surface area contributed by atoms with Crippen molar-refractivity contribution in [2.75, 3.05) is 30.3 Å². The SMILES string of the molecule is Cn1cc(-c2cc3c(NCCNc4ncc([C@@H](CO)c5ccc(F)cc5)cn4)ncnn3c2)cn1. The molecule has 0 fully saturated rings. The van der Waals surface area contributed by atoms with Gasteiger partial charge >= 0.3 is 0 Å². The fourth-order valence-corrected chi connectivity index (χ4v) is 3.86. The number of nitrogens with zero attached hydrogens (tertiary/aromatic N) is 7. The van der Waals surface area contributed by atoms with Gasteiger partial charge in [0.05, 0.1) is 12.8 Å². The van der Waals surface area contributed by atoms with Gasteiger partial charge in [-0.3, -0.25) is 4.68 Å². The van der Waals surface area contributed by atoms with Crippen molar-refractivity contribution in [1.29, 1.82) is 0 Å². The van der Waals surface area contributed by atoms with Crippen molar-refractivity contribution in [3.8, 4) is 11.1 Å². The number of fused-ring (bicyclic) bond motifs is 1. The van der Waals surface area contributed by atoms with E-state index < -0.39 is 0 Å². The molecule has 4 heterocycles. The highest BCUT2D eigenvalue weighted by Crippen LogP contribution is 2.25. The van der Waals surface area contributed by atoms with Crippen molar-refractivity contribution in [2.45, 2.75) is 5.92 Å². The maximum Gasteiger partial charge on any atom is 0.222 e.